The van der Waals surface area contributed by atoms with E-state index in [0.717, 1.165) is 18.2 Å². The van der Waals surface area contributed by atoms with Crippen molar-refractivity contribution in [3.05, 3.63) is 29.8 Å². The predicted octanol–water partition coefficient (Wildman–Crippen LogP) is 1.33. The number of nitrogens with one attached hydrogen (secondary N) is 1. The molecule has 0 aliphatic rings. The van der Waals surface area contributed by atoms with Crippen molar-refractivity contribution in [2.45, 2.75) is 24.0 Å². The first-order valence-electron chi connectivity index (χ1n) is 5.06. The van der Waals surface area contributed by atoms with Crippen molar-refractivity contribution in [1.29, 1.82) is 0 Å². The largest absolute Gasteiger partial charge is 0.417 e. The maximum absolute atomic E-state index is 12.7. The molecule has 0 aromatic heterocycles. The van der Waals surface area contributed by atoms with Crippen LogP contribution < -0.4 is 10.5 Å². The molecule has 8 heteroatoms. The molecule has 102 valence electrons. The second-order valence-electron chi connectivity index (χ2n) is 3.82. The predicted molar refractivity (Wildman–Crippen MR) is 60.3 cm³/mol. The van der Waals surface area contributed by atoms with E-state index in [9.17, 15) is 21.6 Å². The molecule has 0 radical (unpaired) electrons. The van der Waals surface area contributed by atoms with Gasteiger partial charge in [0.15, 0.2) is 0 Å². The highest BCUT2D eigenvalue weighted by Gasteiger charge is 2.36. The molecule has 0 fully saturated rings. The number of rotatable bonds is 4. The van der Waals surface area contributed by atoms with Gasteiger partial charge in [-0.1, -0.05) is 12.1 Å². The summed E-state index contributed by atoms with van der Waals surface area (Å²) in [5, 5.41) is 0. The fraction of sp³-hybridized carbons (Fsp3) is 0.400. The van der Waals surface area contributed by atoms with Gasteiger partial charge in [-0.2, -0.15) is 13.2 Å². The molecular formula is C10H13F3N2O2S. The average Bonchev–Trinajstić information content (AvgIpc) is 2.25. The van der Waals surface area contributed by atoms with Gasteiger partial charge in [0.05, 0.1) is 10.5 Å². The van der Waals surface area contributed by atoms with Gasteiger partial charge in [0.1, 0.15) is 0 Å². The van der Waals surface area contributed by atoms with Crippen LogP contribution >= 0.6 is 0 Å². The average molecular weight is 282 g/mol. The fourth-order valence-corrected chi connectivity index (χ4v) is 2.62. The molecular weight excluding hydrogens is 269 g/mol. The number of alkyl halides is 3. The molecule has 0 saturated carbocycles. The van der Waals surface area contributed by atoms with Gasteiger partial charge in [-0.15, -0.1) is 0 Å². The number of nitrogens with two attached hydrogens (primary N) is 1. The van der Waals surface area contributed by atoms with E-state index in [4.69, 9.17) is 5.73 Å². The van der Waals surface area contributed by atoms with E-state index in [1.165, 1.54) is 13.0 Å². The Labute approximate surface area is 103 Å². The molecule has 1 aromatic rings. The van der Waals surface area contributed by atoms with E-state index in [2.05, 4.69) is 0 Å². The Morgan fingerprint density at radius 1 is 1.33 bits per heavy atom. The van der Waals surface area contributed by atoms with Crippen LogP contribution in [0.3, 0.4) is 0 Å². The first kappa shape index (κ1) is 14.9. The van der Waals surface area contributed by atoms with Gasteiger partial charge in [-0.3, -0.25) is 0 Å². The Bertz CT molecular complexity index is 512. The van der Waals surface area contributed by atoms with E-state index >= 15 is 0 Å². The first-order valence-corrected chi connectivity index (χ1v) is 6.54. The second kappa shape index (κ2) is 5.25. The van der Waals surface area contributed by atoms with Crippen LogP contribution in [0.1, 0.15) is 12.5 Å². The molecule has 1 atom stereocenters. The van der Waals surface area contributed by atoms with Crippen LogP contribution in [0.25, 0.3) is 0 Å². The fourth-order valence-electron chi connectivity index (χ4n) is 1.25. The van der Waals surface area contributed by atoms with Gasteiger partial charge >= 0.3 is 6.18 Å². The quantitative estimate of drug-likeness (QED) is 0.875. The minimum Gasteiger partial charge on any atom is -0.327 e. The van der Waals surface area contributed by atoms with Crippen LogP contribution in [0.4, 0.5) is 13.2 Å². The highest BCUT2D eigenvalue weighted by atomic mass is 32.2. The van der Waals surface area contributed by atoms with E-state index in [0.29, 0.717) is 0 Å². The van der Waals surface area contributed by atoms with E-state index in [1.54, 1.807) is 0 Å². The highest BCUT2D eigenvalue weighted by Crippen LogP contribution is 2.33. The minimum absolute atomic E-state index is 0.130. The van der Waals surface area contributed by atoms with Crippen LogP contribution in [-0.2, 0) is 16.2 Å². The highest BCUT2D eigenvalue weighted by molar-refractivity contribution is 7.89. The summed E-state index contributed by atoms with van der Waals surface area (Å²) >= 11 is 0. The molecule has 1 unspecified atom stereocenters. The van der Waals surface area contributed by atoms with Crippen LogP contribution in [0.5, 0.6) is 0 Å². The summed E-state index contributed by atoms with van der Waals surface area (Å²) in [6, 6.07) is 3.51. The maximum atomic E-state index is 12.7. The zero-order valence-electron chi connectivity index (χ0n) is 9.53. The van der Waals surface area contributed by atoms with Crippen molar-refractivity contribution in [2.75, 3.05) is 6.54 Å². The third kappa shape index (κ3) is 3.69. The summed E-state index contributed by atoms with van der Waals surface area (Å²) in [5.74, 6) is 0. The Hall–Kier alpha value is -1.12. The lowest BCUT2D eigenvalue weighted by atomic mass is 10.2. The van der Waals surface area contributed by atoms with Gasteiger partial charge in [-0.05, 0) is 19.1 Å². The zero-order valence-corrected chi connectivity index (χ0v) is 10.3. The lowest BCUT2D eigenvalue weighted by Gasteiger charge is -2.14. The lowest BCUT2D eigenvalue weighted by Crippen LogP contribution is -2.35. The third-order valence-corrected chi connectivity index (χ3v) is 3.56. The van der Waals surface area contributed by atoms with Crippen molar-refractivity contribution < 1.29 is 21.6 Å². The normalized spacial score (nSPS) is 14.5. The molecule has 0 spiro atoms. The molecule has 0 amide bonds. The van der Waals surface area contributed by atoms with Gasteiger partial charge < -0.3 is 5.73 Å². The van der Waals surface area contributed by atoms with Crippen molar-refractivity contribution in [3.63, 3.8) is 0 Å². The Balaban J connectivity index is 3.17. The maximum Gasteiger partial charge on any atom is 0.417 e. The summed E-state index contributed by atoms with van der Waals surface area (Å²) in [7, 11) is -4.22. The summed E-state index contributed by atoms with van der Waals surface area (Å²) < 4.78 is 63.5. The van der Waals surface area contributed by atoms with Gasteiger partial charge in [0.25, 0.3) is 0 Å². The standard InChI is InChI=1S/C10H13F3N2O2S/c1-7(14)6-15-18(16,17)9-5-3-2-4-8(9)10(11,12)13/h2-5,7,15H,6,14H2,1H3. The summed E-state index contributed by atoms with van der Waals surface area (Å²) in [5.41, 5.74) is 4.16. The van der Waals surface area contributed by atoms with Gasteiger partial charge in [0.2, 0.25) is 10.0 Å². The topological polar surface area (TPSA) is 72.2 Å². The summed E-state index contributed by atoms with van der Waals surface area (Å²) in [6.07, 6.45) is -4.72. The Morgan fingerprint density at radius 2 is 1.89 bits per heavy atom. The first-order chi connectivity index (χ1) is 8.14. The zero-order chi connectivity index (χ0) is 14.0. The third-order valence-electron chi connectivity index (χ3n) is 2.08. The van der Waals surface area contributed by atoms with Crippen LogP contribution in [0.2, 0.25) is 0 Å². The Kier molecular flexibility index (Phi) is 4.36. The summed E-state index contributed by atoms with van der Waals surface area (Å²) in [6.45, 7) is 1.41. The van der Waals surface area contributed by atoms with E-state index in [-0.39, 0.29) is 6.54 Å². The molecule has 0 aliphatic heterocycles. The van der Waals surface area contributed by atoms with Gasteiger partial charge in [0, 0.05) is 12.6 Å². The number of sulfonamides is 1. The minimum atomic E-state index is -4.72. The van der Waals surface area contributed by atoms with Crippen molar-refractivity contribution in [3.8, 4) is 0 Å². The van der Waals surface area contributed by atoms with Crippen LogP contribution in [0.15, 0.2) is 29.2 Å². The van der Waals surface area contributed by atoms with Crippen molar-refractivity contribution in [1.82, 2.24) is 4.72 Å². The van der Waals surface area contributed by atoms with Gasteiger partial charge in [-0.25, -0.2) is 13.1 Å². The molecule has 0 heterocycles. The number of hydrogen-bond donors (Lipinski definition) is 2. The molecule has 18 heavy (non-hydrogen) atoms. The monoisotopic (exact) mass is 282 g/mol. The Morgan fingerprint density at radius 3 is 2.39 bits per heavy atom. The number of benzene rings is 1. The molecule has 1 rings (SSSR count). The van der Waals surface area contributed by atoms with Crippen molar-refractivity contribution >= 4 is 10.0 Å². The lowest BCUT2D eigenvalue weighted by molar-refractivity contribution is -0.139. The van der Waals surface area contributed by atoms with Crippen LogP contribution in [-0.4, -0.2) is 21.0 Å². The second-order valence-corrected chi connectivity index (χ2v) is 5.56. The molecule has 0 saturated heterocycles. The molecule has 4 nitrogen and oxygen atoms in total. The summed E-state index contributed by atoms with van der Waals surface area (Å²) in [4.78, 5) is -0.793. The SMILES string of the molecule is CC(N)CNS(=O)(=O)c1ccccc1C(F)(F)F. The van der Waals surface area contributed by atoms with Crippen LogP contribution in [0, 0.1) is 0 Å². The molecule has 0 aliphatic carbocycles. The smallest absolute Gasteiger partial charge is 0.327 e. The van der Waals surface area contributed by atoms with E-state index in [1.807, 2.05) is 4.72 Å². The van der Waals surface area contributed by atoms with E-state index < -0.39 is 32.7 Å². The number of hydrogen-bond acceptors (Lipinski definition) is 3. The molecule has 1 aromatic carbocycles. The van der Waals surface area contributed by atoms with Crippen molar-refractivity contribution in [2.24, 2.45) is 5.73 Å². The number of halogens is 3. The molecule has 3 N–H and O–H groups in total. The molecule has 0 bridgehead atoms.